The molecule has 3 nitrogen and oxygen atoms in total. The van der Waals surface area contributed by atoms with Crippen molar-refractivity contribution in [1.82, 2.24) is 4.98 Å². The van der Waals surface area contributed by atoms with Crippen molar-refractivity contribution in [2.75, 3.05) is 0 Å². The Bertz CT molecular complexity index is 485. The molecule has 0 aliphatic heterocycles. The molecule has 0 bridgehead atoms. The molecule has 0 unspecified atom stereocenters. The molecule has 0 saturated heterocycles. The number of aromatic amines is 1. The largest absolute Gasteiger partial charge is 0.481 e. The normalized spacial score (nSPS) is 10.6. The van der Waals surface area contributed by atoms with Gasteiger partial charge in [-0.1, -0.05) is 18.2 Å². The molecule has 2 rings (SSSR count). The topological polar surface area (TPSA) is 53.1 Å². The minimum atomic E-state index is -0.794. The Morgan fingerprint density at radius 3 is 2.86 bits per heavy atom. The third-order valence-electron chi connectivity index (χ3n) is 2.36. The summed E-state index contributed by atoms with van der Waals surface area (Å²) in [4.78, 5) is 13.8. The predicted molar refractivity (Wildman–Crippen MR) is 54.4 cm³/mol. The average Bonchev–Trinajstić information content (AvgIpc) is 2.43. The lowest BCUT2D eigenvalue weighted by Gasteiger charge is -1.95. The maximum Gasteiger partial charge on any atom is 0.307 e. The number of aliphatic carboxylic acids is 1. The first-order valence-electron chi connectivity index (χ1n) is 4.46. The van der Waals surface area contributed by atoms with Crippen molar-refractivity contribution in [3.05, 3.63) is 35.5 Å². The van der Waals surface area contributed by atoms with E-state index in [9.17, 15) is 4.79 Å². The summed E-state index contributed by atoms with van der Waals surface area (Å²) in [7, 11) is 0. The molecule has 1 aromatic heterocycles. The number of hydrogen-bond acceptors (Lipinski definition) is 1. The zero-order valence-electron chi connectivity index (χ0n) is 7.87. The highest BCUT2D eigenvalue weighted by atomic mass is 16.4. The van der Waals surface area contributed by atoms with Crippen molar-refractivity contribution >= 4 is 16.9 Å². The molecule has 0 spiro atoms. The van der Waals surface area contributed by atoms with E-state index in [4.69, 9.17) is 5.11 Å². The number of hydrogen-bond donors (Lipinski definition) is 2. The average molecular weight is 189 g/mol. The molecular formula is C11H11NO2. The van der Waals surface area contributed by atoms with Crippen LogP contribution in [0.1, 0.15) is 11.3 Å². The summed E-state index contributed by atoms with van der Waals surface area (Å²) in [5.74, 6) is -0.794. The molecule has 1 heterocycles. The monoisotopic (exact) mass is 189 g/mol. The number of carbonyl (C=O) groups is 1. The molecule has 72 valence electrons. The van der Waals surface area contributed by atoms with Crippen LogP contribution < -0.4 is 0 Å². The van der Waals surface area contributed by atoms with Gasteiger partial charge in [-0.25, -0.2) is 0 Å². The number of fused-ring (bicyclic) bond motifs is 1. The Hall–Kier alpha value is -1.77. The van der Waals surface area contributed by atoms with Gasteiger partial charge >= 0.3 is 5.97 Å². The van der Waals surface area contributed by atoms with E-state index in [2.05, 4.69) is 4.98 Å². The van der Waals surface area contributed by atoms with Crippen LogP contribution in [0, 0.1) is 6.92 Å². The third kappa shape index (κ3) is 1.37. The summed E-state index contributed by atoms with van der Waals surface area (Å²) in [6, 6.07) is 7.74. The minimum Gasteiger partial charge on any atom is -0.481 e. The molecule has 0 aliphatic carbocycles. The molecule has 2 N–H and O–H groups in total. The van der Waals surface area contributed by atoms with Crippen molar-refractivity contribution < 1.29 is 9.90 Å². The van der Waals surface area contributed by atoms with Crippen LogP contribution in [0.25, 0.3) is 10.9 Å². The molecule has 0 radical (unpaired) electrons. The van der Waals surface area contributed by atoms with Gasteiger partial charge in [0, 0.05) is 16.6 Å². The first-order chi connectivity index (χ1) is 6.68. The predicted octanol–water partition coefficient (Wildman–Crippen LogP) is 2.10. The van der Waals surface area contributed by atoms with Crippen LogP contribution in [0.4, 0.5) is 0 Å². The lowest BCUT2D eigenvalue weighted by atomic mass is 10.1. The molecule has 1 aromatic carbocycles. The Kier molecular flexibility index (Phi) is 2.00. The molecule has 0 fully saturated rings. The van der Waals surface area contributed by atoms with Crippen molar-refractivity contribution in [3.8, 4) is 0 Å². The van der Waals surface area contributed by atoms with Crippen molar-refractivity contribution in [3.63, 3.8) is 0 Å². The van der Waals surface area contributed by atoms with Gasteiger partial charge in [0.25, 0.3) is 0 Å². The molecule has 3 heteroatoms. The van der Waals surface area contributed by atoms with Gasteiger partial charge in [-0.05, 0) is 18.6 Å². The van der Waals surface area contributed by atoms with Gasteiger partial charge in [0.05, 0.1) is 6.42 Å². The van der Waals surface area contributed by atoms with E-state index in [1.807, 2.05) is 31.2 Å². The van der Waals surface area contributed by atoms with Crippen LogP contribution in [0.15, 0.2) is 24.3 Å². The Balaban J connectivity index is 2.62. The zero-order valence-corrected chi connectivity index (χ0v) is 7.87. The number of aryl methyl sites for hydroxylation is 1. The summed E-state index contributed by atoms with van der Waals surface area (Å²) in [6.45, 7) is 1.90. The highest BCUT2D eigenvalue weighted by Crippen LogP contribution is 2.21. The van der Waals surface area contributed by atoms with Crippen LogP contribution in [-0.4, -0.2) is 16.1 Å². The minimum absolute atomic E-state index is 0.0792. The second-order valence-corrected chi connectivity index (χ2v) is 3.34. The van der Waals surface area contributed by atoms with Crippen LogP contribution in [-0.2, 0) is 11.2 Å². The SMILES string of the molecule is Cc1[nH]c2ccccc2c1CC(=O)O. The summed E-state index contributed by atoms with van der Waals surface area (Å²) >= 11 is 0. The smallest absolute Gasteiger partial charge is 0.307 e. The molecule has 0 aliphatic rings. The fraction of sp³-hybridized carbons (Fsp3) is 0.182. The van der Waals surface area contributed by atoms with Crippen LogP contribution in [0.5, 0.6) is 0 Å². The summed E-state index contributed by atoms with van der Waals surface area (Å²) in [6.07, 6.45) is 0.0792. The number of carboxylic acids is 1. The fourth-order valence-corrected chi connectivity index (χ4v) is 1.71. The van der Waals surface area contributed by atoms with Crippen LogP contribution in [0.3, 0.4) is 0 Å². The van der Waals surface area contributed by atoms with Crippen LogP contribution >= 0.6 is 0 Å². The summed E-state index contributed by atoms with van der Waals surface area (Å²) in [5, 5.41) is 9.76. The first kappa shape index (κ1) is 8.81. The third-order valence-corrected chi connectivity index (χ3v) is 2.36. The number of para-hydroxylation sites is 1. The summed E-state index contributed by atoms with van der Waals surface area (Å²) in [5.41, 5.74) is 2.82. The van der Waals surface area contributed by atoms with E-state index in [1.54, 1.807) is 0 Å². The highest BCUT2D eigenvalue weighted by Gasteiger charge is 2.10. The van der Waals surface area contributed by atoms with Gasteiger partial charge in [0.15, 0.2) is 0 Å². The second-order valence-electron chi connectivity index (χ2n) is 3.34. The van der Waals surface area contributed by atoms with Gasteiger partial charge in [-0.3, -0.25) is 4.79 Å². The summed E-state index contributed by atoms with van der Waals surface area (Å²) < 4.78 is 0. The Labute approximate surface area is 81.4 Å². The zero-order chi connectivity index (χ0) is 10.1. The molecule has 2 aromatic rings. The van der Waals surface area contributed by atoms with E-state index in [0.717, 1.165) is 22.2 Å². The number of carboxylic acid groups (broad SMARTS) is 1. The fourth-order valence-electron chi connectivity index (χ4n) is 1.71. The molecular weight excluding hydrogens is 178 g/mol. The van der Waals surface area contributed by atoms with Gasteiger partial charge in [0.2, 0.25) is 0 Å². The van der Waals surface area contributed by atoms with Gasteiger partial charge in [-0.15, -0.1) is 0 Å². The van der Waals surface area contributed by atoms with E-state index in [1.165, 1.54) is 0 Å². The highest BCUT2D eigenvalue weighted by molar-refractivity contribution is 5.88. The standard InChI is InChI=1S/C11H11NO2/c1-7-9(6-11(13)14)8-4-2-3-5-10(8)12-7/h2-5,12H,6H2,1H3,(H,13,14). The van der Waals surface area contributed by atoms with Gasteiger partial charge in [-0.2, -0.15) is 0 Å². The van der Waals surface area contributed by atoms with E-state index in [0.29, 0.717) is 0 Å². The van der Waals surface area contributed by atoms with E-state index >= 15 is 0 Å². The number of rotatable bonds is 2. The number of nitrogens with one attached hydrogen (secondary N) is 1. The van der Waals surface area contributed by atoms with Crippen molar-refractivity contribution in [2.24, 2.45) is 0 Å². The molecule has 0 amide bonds. The van der Waals surface area contributed by atoms with E-state index < -0.39 is 5.97 Å². The Morgan fingerprint density at radius 2 is 2.14 bits per heavy atom. The molecule has 14 heavy (non-hydrogen) atoms. The Morgan fingerprint density at radius 1 is 1.43 bits per heavy atom. The maximum absolute atomic E-state index is 10.6. The van der Waals surface area contributed by atoms with Crippen molar-refractivity contribution in [2.45, 2.75) is 13.3 Å². The lowest BCUT2D eigenvalue weighted by molar-refractivity contribution is -0.136. The number of H-pyrrole nitrogens is 1. The lowest BCUT2D eigenvalue weighted by Crippen LogP contribution is -2.00. The first-order valence-corrected chi connectivity index (χ1v) is 4.46. The quantitative estimate of drug-likeness (QED) is 0.760. The van der Waals surface area contributed by atoms with Crippen LogP contribution in [0.2, 0.25) is 0 Å². The second kappa shape index (κ2) is 3.18. The molecule has 0 saturated carbocycles. The number of aromatic nitrogens is 1. The number of benzene rings is 1. The van der Waals surface area contributed by atoms with Gasteiger partial charge in [0.1, 0.15) is 0 Å². The molecule has 0 atom stereocenters. The van der Waals surface area contributed by atoms with Crippen molar-refractivity contribution in [1.29, 1.82) is 0 Å². The van der Waals surface area contributed by atoms with Gasteiger partial charge < -0.3 is 10.1 Å². The van der Waals surface area contributed by atoms with E-state index in [-0.39, 0.29) is 6.42 Å². The maximum atomic E-state index is 10.6.